The van der Waals surface area contributed by atoms with E-state index in [2.05, 4.69) is 38.1 Å². The molecule has 0 radical (unpaired) electrons. The van der Waals surface area contributed by atoms with Crippen molar-refractivity contribution < 1.29 is 9.53 Å². The largest absolute Gasteiger partial charge is 0.495 e. The van der Waals surface area contributed by atoms with Gasteiger partial charge in [-0.2, -0.15) is 0 Å². The van der Waals surface area contributed by atoms with Crippen molar-refractivity contribution in [3.05, 3.63) is 41.9 Å². The number of rotatable bonds is 8. The number of anilines is 2. The van der Waals surface area contributed by atoms with Crippen LogP contribution < -0.4 is 19.9 Å². The van der Waals surface area contributed by atoms with Gasteiger partial charge in [0, 0.05) is 38.8 Å². The van der Waals surface area contributed by atoms with Gasteiger partial charge in [0.15, 0.2) is 0 Å². The monoisotopic (exact) mass is 397 g/mol. The molecule has 1 aromatic heterocycles. The van der Waals surface area contributed by atoms with Gasteiger partial charge >= 0.3 is 0 Å². The highest BCUT2D eigenvalue weighted by Gasteiger charge is 2.22. The average molecular weight is 398 g/mol. The van der Waals surface area contributed by atoms with Crippen molar-refractivity contribution in [2.75, 3.05) is 49.6 Å². The lowest BCUT2D eigenvalue weighted by Gasteiger charge is -2.37. The van der Waals surface area contributed by atoms with Gasteiger partial charge in [0.05, 0.1) is 12.8 Å². The molecule has 29 heavy (non-hydrogen) atoms. The maximum atomic E-state index is 12.5. The Morgan fingerprint density at radius 3 is 2.55 bits per heavy atom. The number of aromatic nitrogens is 2. The zero-order valence-corrected chi connectivity index (χ0v) is 17.6. The van der Waals surface area contributed by atoms with Gasteiger partial charge in [-0.25, -0.2) is 9.97 Å². The van der Waals surface area contributed by atoms with E-state index in [1.807, 2.05) is 25.1 Å². The van der Waals surface area contributed by atoms with Gasteiger partial charge in [0.1, 0.15) is 23.1 Å². The van der Waals surface area contributed by atoms with Gasteiger partial charge in [0.2, 0.25) is 0 Å². The maximum Gasteiger partial charge on any atom is 0.270 e. The van der Waals surface area contributed by atoms with E-state index in [4.69, 9.17) is 4.74 Å². The van der Waals surface area contributed by atoms with Gasteiger partial charge in [-0.3, -0.25) is 4.79 Å². The summed E-state index contributed by atoms with van der Waals surface area (Å²) in [6.45, 7) is 8.04. The van der Waals surface area contributed by atoms with Gasteiger partial charge in [-0.1, -0.05) is 31.9 Å². The van der Waals surface area contributed by atoms with Crippen LogP contribution in [0.4, 0.5) is 11.5 Å². The Labute approximate surface area is 173 Å². The lowest BCUT2D eigenvalue weighted by Crippen LogP contribution is -2.47. The van der Waals surface area contributed by atoms with Crippen LogP contribution in [0.2, 0.25) is 0 Å². The van der Waals surface area contributed by atoms with Crippen LogP contribution in [0, 0.1) is 6.92 Å². The summed E-state index contributed by atoms with van der Waals surface area (Å²) in [5.74, 6) is 2.20. The van der Waals surface area contributed by atoms with Crippen molar-refractivity contribution in [3.63, 3.8) is 0 Å². The van der Waals surface area contributed by atoms with E-state index >= 15 is 0 Å². The highest BCUT2D eigenvalue weighted by atomic mass is 16.5. The number of carbonyl (C=O) groups is 1. The zero-order valence-electron chi connectivity index (χ0n) is 17.6. The molecule has 0 unspecified atom stereocenters. The Bertz CT molecular complexity index is 819. The van der Waals surface area contributed by atoms with Crippen LogP contribution in [0.1, 0.15) is 42.5 Å². The number of carbonyl (C=O) groups excluding carboxylic acids is 1. The predicted octanol–water partition coefficient (Wildman–Crippen LogP) is 3.04. The van der Waals surface area contributed by atoms with Crippen LogP contribution in [0.15, 0.2) is 30.3 Å². The van der Waals surface area contributed by atoms with Crippen LogP contribution in [0.25, 0.3) is 0 Å². The summed E-state index contributed by atoms with van der Waals surface area (Å²) in [7, 11) is 1.70. The third-order valence-corrected chi connectivity index (χ3v) is 5.15. The van der Waals surface area contributed by atoms with Crippen LogP contribution in [-0.2, 0) is 0 Å². The molecule has 0 spiro atoms. The molecular formula is C22H31N5O2. The molecule has 7 nitrogen and oxygen atoms in total. The molecule has 7 heteroatoms. The standard InChI is InChI=1S/C22H31N5O2/c1-4-5-8-11-23-22(28)18-16-21(25-17(2)24-18)27-14-12-26(13-15-27)19-9-6-7-10-20(19)29-3/h6-7,9-10,16H,4-5,8,11-15H2,1-3H3,(H,23,28). The summed E-state index contributed by atoms with van der Waals surface area (Å²) in [6, 6.07) is 9.90. The van der Waals surface area contributed by atoms with E-state index < -0.39 is 0 Å². The molecule has 2 aromatic rings. The molecule has 1 amide bonds. The first-order chi connectivity index (χ1) is 14.1. The molecule has 1 saturated heterocycles. The summed E-state index contributed by atoms with van der Waals surface area (Å²) >= 11 is 0. The molecule has 156 valence electrons. The lowest BCUT2D eigenvalue weighted by molar-refractivity contribution is 0.0947. The molecule has 0 atom stereocenters. The SMILES string of the molecule is CCCCCNC(=O)c1cc(N2CCN(c3ccccc3OC)CC2)nc(C)n1. The first-order valence-corrected chi connectivity index (χ1v) is 10.4. The number of benzene rings is 1. The van der Waals surface area contributed by atoms with Crippen LogP contribution in [0.5, 0.6) is 5.75 Å². The number of unbranched alkanes of at least 4 members (excludes halogenated alkanes) is 2. The number of amides is 1. The quantitative estimate of drug-likeness (QED) is 0.691. The highest BCUT2D eigenvalue weighted by molar-refractivity contribution is 5.92. The molecule has 1 aliphatic heterocycles. The number of aryl methyl sites for hydroxylation is 1. The molecule has 0 saturated carbocycles. The van der Waals surface area contributed by atoms with Gasteiger partial charge in [-0.05, 0) is 25.5 Å². The van der Waals surface area contributed by atoms with Crippen molar-refractivity contribution in [2.24, 2.45) is 0 Å². The zero-order chi connectivity index (χ0) is 20.6. The minimum absolute atomic E-state index is 0.125. The normalized spacial score (nSPS) is 14.0. The number of hydrogen-bond acceptors (Lipinski definition) is 6. The maximum absolute atomic E-state index is 12.5. The molecule has 1 fully saturated rings. The summed E-state index contributed by atoms with van der Waals surface area (Å²) < 4.78 is 5.49. The Hall–Kier alpha value is -2.83. The minimum atomic E-state index is -0.125. The summed E-state index contributed by atoms with van der Waals surface area (Å²) in [6.07, 6.45) is 3.24. The van der Waals surface area contributed by atoms with E-state index in [0.717, 1.165) is 62.7 Å². The molecule has 2 heterocycles. The topological polar surface area (TPSA) is 70.6 Å². The van der Waals surface area contributed by atoms with E-state index in [-0.39, 0.29) is 5.91 Å². The fourth-order valence-corrected chi connectivity index (χ4v) is 3.57. The van der Waals surface area contributed by atoms with Gasteiger partial charge in [-0.15, -0.1) is 0 Å². The number of para-hydroxylation sites is 2. The van der Waals surface area contributed by atoms with Crippen molar-refractivity contribution in [1.29, 1.82) is 0 Å². The number of methoxy groups -OCH3 is 1. The lowest BCUT2D eigenvalue weighted by atomic mass is 10.2. The van der Waals surface area contributed by atoms with Crippen LogP contribution in [-0.4, -0.2) is 55.7 Å². The number of nitrogens with zero attached hydrogens (tertiary/aromatic N) is 4. The van der Waals surface area contributed by atoms with Crippen molar-refractivity contribution in [2.45, 2.75) is 33.1 Å². The third kappa shape index (κ3) is 5.37. The van der Waals surface area contributed by atoms with Crippen LogP contribution in [0.3, 0.4) is 0 Å². The van der Waals surface area contributed by atoms with E-state index in [1.54, 1.807) is 13.2 Å². The summed E-state index contributed by atoms with van der Waals surface area (Å²) in [5, 5.41) is 2.96. The number of ether oxygens (including phenoxy) is 1. The third-order valence-electron chi connectivity index (χ3n) is 5.15. The summed E-state index contributed by atoms with van der Waals surface area (Å²) in [4.78, 5) is 25.9. The van der Waals surface area contributed by atoms with Crippen LogP contribution >= 0.6 is 0 Å². The van der Waals surface area contributed by atoms with Gasteiger partial charge in [0.25, 0.3) is 5.91 Å². The molecule has 3 rings (SSSR count). The highest BCUT2D eigenvalue weighted by Crippen LogP contribution is 2.29. The second kappa shape index (κ2) is 10.1. The Morgan fingerprint density at radius 2 is 1.83 bits per heavy atom. The molecular weight excluding hydrogens is 366 g/mol. The smallest absolute Gasteiger partial charge is 0.270 e. The predicted molar refractivity (Wildman–Crippen MR) is 116 cm³/mol. The first kappa shape index (κ1) is 20.9. The van der Waals surface area contributed by atoms with E-state index in [0.29, 0.717) is 18.1 Å². The van der Waals surface area contributed by atoms with Crippen molar-refractivity contribution in [3.8, 4) is 5.75 Å². The average Bonchev–Trinajstić information content (AvgIpc) is 2.76. The fraction of sp³-hybridized carbons (Fsp3) is 0.500. The second-order valence-corrected chi connectivity index (χ2v) is 7.27. The molecule has 1 N–H and O–H groups in total. The second-order valence-electron chi connectivity index (χ2n) is 7.27. The molecule has 0 bridgehead atoms. The minimum Gasteiger partial charge on any atom is -0.495 e. The van der Waals surface area contributed by atoms with E-state index in [9.17, 15) is 4.79 Å². The first-order valence-electron chi connectivity index (χ1n) is 10.4. The van der Waals surface area contributed by atoms with Gasteiger partial charge < -0.3 is 19.9 Å². The Morgan fingerprint density at radius 1 is 1.10 bits per heavy atom. The van der Waals surface area contributed by atoms with Crippen molar-refractivity contribution in [1.82, 2.24) is 15.3 Å². The molecule has 1 aromatic carbocycles. The Balaban J connectivity index is 1.64. The molecule has 1 aliphatic rings. The van der Waals surface area contributed by atoms with E-state index in [1.165, 1.54) is 0 Å². The number of piperazine rings is 1. The summed E-state index contributed by atoms with van der Waals surface area (Å²) in [5.41, 5.74) is 1.55. The fourth-order valence-electron chi connectivity index (χ4n) is 3.57. The van der Waals surface area contributed by atoms with Crippen molar-refractivity contribution >= 4 is 17.4 Å². The number of hydrogen-bond donors (Lipinski definition) is 1. The molecule has 0 aliphatic carbocycles. The Kier molecular flexibility index (Phi) is 7.27. The number of nitrogens with one attached hydrogen (secondary N) is 1.